The molecule has 0 aliphatic carbocycles. The number of para-hydroxylation sites is 8. The molecular formula is C108H62N6O4. The molecule has 18 aromatic carbocycles. The van der Waals surface area contributed by atoms with E-state index >= 15 is 0 Å². The number of nitrogens with zero attached hydrogens (tertiary/aromatic N) is 6. The first-order valence-electron chi connectivity index (χ1n) is 39.8. The Morgan fingerprint density at radius 2 is 0.534 bits per heavy atom. The van der Waals surface area contributed by atoms with Crippen LogP contribution in [0.2, 0.25) is 0 Å². The van der Waals surface area contributed by atoms with Crippen molar-refractivity contribution in [3.05, 3.63) is 376 Å². The van der Waals surface area contributed by atoms with Crippen molar-refractivity contribution in [1.82, 2.24) is 29.1 Å². The van der Waals surface area contributed by atoms with Crippen LogP contribution in [0.25, 0.3) is 254 Å². The standard InChI is InChI=1S/2C54H31N3O2/c1-2-14-32(15-3-1)33-16-12-17-34(30-33)51-40-21-6-9-25-44(40)55-54(56-51)57-45-26-10-7-22-41(45)50-46(57)29-28-42-49-37-20-5-4-18-35(37)43(31-48(49)59-53(42)50)39-24-13-23-38-36-19-8-11-27-47(36)58-52(38)39;1-2-13-32(14-3-1)33-25-27-34(28-26-33)51-40-18-6-9-22-44(40)55-54(56-51)57-45-23-10-7-19-41(45)50-46(57)30-29-42-49-37-17-5-4-15-35(37)43(31-48(49)59-53(42)50)39-21-12-20-38-36-16-8-11-24-47(36)58-52(38)39/h2*1-31H. The fraction of sp³-hybridized carbons (Fsp3) is 0. The van der Waals surface area contributed by atoms with E-state index in [2.05, 4.69) is 337 Å². The summed E-state index contributed by atoms with van der Waals surface area (Å²) in [6.45, 7) is 0. The lowest BCUT2D eigenvalue weighted by molar-refractivity contribution is 0.669. The summed E-state index contributed by atoms with van der Waals surface area (Å²) in [5, 5.41) is 19.5. The zero-order valence-corrected chi connectivity index (χ0v) is 63.1. The van der Waals surface area contributed by atoms with Gasteiger partial charge in [-0.1, -0.05) is 297 Å². The van der Waals surface area contributed by atoms with Crippen molar-refractivity contribution in [2.75, 3.05) is 0 Å². The van der Waals surface area contributed by atoms with Crippen LogP contribution in [-0.4, -0.2) is 29.1 Å². The third-order valence-electron chi connectivity index (χ3n) is 24.0. The van der Waals surface area contributed by atoms with E-state index in [9.17, 15) is 0 Å². The van der Waals surface area contributed by atoms with E-state index in [1.165, 1.54) is 5.56 Å². The lowest BCUT2D eigenvalue weighted by Crippen LogP contribution is -2.03. The van der Waals surface area contributed by atoms with E-state index in [-0.39, 0.29) is 0 Å². The van der Waals surface area contributed by atoms with E-state index in [0.29, 0.717) is 11.9 Å². The van der Waals surface area contributed by atoms with Crippen LogP contribution in [0.1, 0.15) is 0 Å². The van der Waals surface area contributed by atoms with Crippen LogP contribution in [0.5, 0.6) is 0 Å². The average molecular weight is 1510 g/mol. The molecule has 0 fully saturated rings. The van der Waals surface area contributed by atoms with Gasteiger partial charge in [-0.15, -0.1) is 0 Å². The minimum atomic E-state index is 0.608. The topological polar surface area (TPSA) is 114 Å². The summed E-state index contributed by atoms with van der Waals surface area (Å²) in [6.07, 6.45) is 0. The van der Waals surface area contributed by atoms with Crippen molar-refractivity contribution in [2.45, 2.75) is 0 Å². The van der Waals surface area contributed by atoms with Crippen LogP contribution in [0, 0.1) is 0 Å². The summed E-state index contributed by atoms with van der Waals surface area (Å²) in [5.41, 5.74) is 25.3. The maximum Gasteiger partial charge on any atom is 0.235 e. The van der Waals surface area contributed by atoms with Crippen LogP contribution in [0.15, 0.2) is 394 Å². The van der Waals surface area contributed by atoms with Gasteiger partial charge >= 0.3 is 0 Å². The molecule has 26 rings (SSSR count). The smallest absolute Gasteiger partial charge is 0.235 e. The van der Waals surface area contributed by atoms with Gasteiger partial charge in [-0.25, -0.2) is 19.9 Å². The van der Waals surface area contributed by atoms with Crippen LogP contribution >= 0.6 is 0 Å². The number of fused-ring (bicyclic) bond motifs is 26. The quantitative estimate of drug-likeness (QED) is 0.148. The molecule has 0 radical (unpaired) electrons. The first kappa shape index (κ1) is 65.5. The fourth-order valence-electron chi connectivity index (χ4n) is 18.8. The molecule has 10 nitrogen and oxygen atoms in total. The van der Waals surface area contributed by atoms with E-state index in [1.807, 2.05) is 48.5 Å². The molecule has 0 N–H and O–H groups in total. The minimum Gasteiger partial charge on any atom is -0.455 e. The normalized spacial score (nSPS) is 12.1. The molecule has 0 saturated heterocycles. The van der Waals surface area contributed by atoms with Crippen LogP contribution in [-0.2, 0) is 0 Å². The minimum absolute atomic E-state index is 0.608. The predicted octanol–water partition coefficient (Wildman–Crippen LogP) is 29.4. The zero-order valence-electron chi connectivity index (χ0n) is 63.1. The second kappa shape index (κ2) is 25.7. The SMILES string of the molecule is c1ccc(-c2ccc(-c3nc(-n4c5ccccc5c5c6oc7cc(-c8cccc9c8oc8ccccc89)c8ccccc8c7c6ccc54)nc4ccccc34)cc2)cc1.c1ccc(-c2cccc(-c3nc(-n4c5ccccc5c5c6oc7cc(-c8cccc9c8oc8ccccc89)c8ccccc8c7c6ccc54)nc4ccccc34)c2)cc1. The molecule has 0 spiro atoms. The second-order valence-electron chi connectivity index (χ2n) is 30.5. The lowest BCUT2D eigenvalue weighted by atomic mass is 9.93. The Bertz CT molecular complexity index is 8700. The lowest BCUT2D eigenvalue weighted by Gasteiger charge is -2.12. The van der Waals surface area contributed by atoms with E-state index in [4.69, 9.17) is 37.6 Å². The Balaban J connectivity index is 0.000000131. The van der Waals surface area contributed by atoms with Gasteiger partial charge in [-0.2, -0.15) is 0 Å². The van der Waals surface area contributed by atoms with Crippen LogP contribution in [0.4, 0.5) is 0 Å². The monoisotopic (exact) mass is 1510 g/mol. The molecule has 0 unspecified atom stereocenters. The third kappa shape index (κ3) is 9.93. The third-order valence-corrected chi connectivity index (χ3v) is 24.0. The summed E-state index contributed by atoms with van der Waals surface area (Å²) in [5.74, 6) is 1.22. The zero-order chi connectivity index (χ0) is 77.2. The first-order valence-corrected chi connectivity index (χ1v) is 39.8. The molecule has 26 aromatic rings. The Morgan fingerprint density at radius 3 is 1.03 bits per heavy atom. The van der Waals surface area contributed by atoms with Crippen molar-refractivity contribution in [3.8, 4) is 78.9 Å². The highest BCUT2D eigenvalue weighted by atomic mass is 16.3. The molecule has 0 amide bonds. The van der Waals surface area contributed by atoms with Gasteiger partial charge in [-0.3, -0.25) is 9.13 Å². The largest absolute Gasteiger partial charge is 0.455 e. The first-order chi connectivity index (χ1) is 58.5. The van der Waals surface area contributed by atoms with Crippen LogP contribution in [0.3, 0.4) is 0 Å². The summed E-state index contributed by atoms with van der Waals surface area (Å²) in [7, 11) is 0. The van der Waals surface area contributed by atoms with E-state index in [0.717, 1.165) is 236 Å². The number of furan rings is 4. The molecule has 8 aromatic heterocycles. The summed E-state index contributed by atoms with van der Waals surface area (Å²) >= 11 is 0. The van der Waals surface area contributed by atoms with Gasteiger partial charge in [0.05, 0.1) is 55.3 Å². The van der Waals surface area contributed by atoms with E-state index in [1.54, 1.807) is 0 Å². The second-order valence-corrected chi connectivity index (χ2v) is 30.5. The van der Waals surface area contributed by atoms with Crippen molar-refractivity contribution >= 4 is 175 Å². The van der Waals surface area contributed by atoms with E-state index < -0.39 is 0 Å². The summed E-state index contributed by atoms with van der Waals surface area (Å²) < 4.78 is 31.7. The highest BCUT2D eigenvalue weighted by Gasteiger charge is 2.28. The Morgan fingerprint density at radius 1 is 0.178 bits per heavy atom. The van der Waals surface area contributed by atoms with Gasteiger partial charge in [0.15, 0.2) is 0 Å². The number of aromatic nitrogens is 6. The number of hydrogen-bond acceptors (Lipinski definition) is 8. The maximum atomic E-state index is 7.10. The molecule has 10 heteroatoms. The Hall–Kier alpha value is -16.0. The molecule has 0 saturated carbocycles. The van der Waals surface area contributed by atoms with Gasteiger partial charge in [-0.05, 0) is 134 Å². The number of benzene rings is 18. The fourth-order valence-corrected chi connectivity index (χ4v) is 18.8. The maximum absolute atomic E-state index is 7.10. The molecule has 8 heterocycles. The van der Waals surface area contributed by atoms with Gasteiger partial charge in [0.2, 0.25) is 11.9 Å². The highest BCUT2D eigenvalue weighted by Crippen LogP contribution is 2.50. The van der Waals surface area contributed by atoms with Gasteiger partial charge in [0.25, 0.3) is 0 Å². The number of hydrogen-bond donors (Lipinski definition) is 0. The average Bonchev–Trinajstić information content (AvgIpc) is 1.55. The van der Waals surface area contributed by atoms with Crippen LogP contribution < -0.4 is 0 Å². The highest BCUT2D eigenvalue weighted by molar-refractivity contribution is 6.32. The molecule has 548 valence electrons. The van der Waals surface area contributed by atoms with Crippen molar-refractivity contribution < 1.29 is 17.7 Å². The predicted molar refractivity (Wildman–Crippen MR) is 484 cm³/mol. The van der Waals surface area contributed by atoms with Gasteiger partial charge < -0.3 is 17.7 Å². The summed E-state index contributed by atoms with van der Waals surface area (Å²) in [6, 6.07) is 132. The molecule has 0 aliphatic heterocycles. The van der Waals surface area contributed by atoms with Crippen molar-refractivity contribution in [2.24, 2.45) is 0 Å². The van der Waals surface area contributed by atoms with Crippen molar-refractivity contribution in [1.29, 1.82) is 0 Å². The molecule has 0 bridgehead atoms. The molecule has 118 heavy (non-hydrogen) atoms. The molecule has 0 atom stereocenters. The number of rotatable bonds is 8. The van der Waals surface area contributed by atoms with Gasteiger partial charge in [0.1, 0.15) is 44.7 Å². The molecule has 0 aliphatic rings. The Kier molecular flexibility index (Phi) is 14.3. The summed E-state index contributed by atoms with van der Waals surface area (Å²) in [4.78, 5) is 21.3. The van der Waals surface area contributed by atoms with Gasteiger partial charge in [0, 0.05) is 86.9 Å². The molecular weight excluding hydrogens is 1450 g/mol. The van der Waals surface area contributed by atoms with Crippen molar-refractivity contribution in [3.63, 3.8) is 0 Å². The Labute approximate surface area is 672 Å².